The number of thiocarbonyl (C=S) groups is 1. The van der Waals surface area contributed by atoms with Crippen molar-refractivity contribution in [3.8, 4) is 11.8 Å². The van der Waals surface area contributed by atoms with Gasteiger partial charge < -0.3 is 14.7 Å². The highest BCUT2D eigenvalue weighted by molar-refractivity contribution is 7.99. The molecule has 1 N–H and O–H groups in total. The lowest BCUT2D eigenvalue weighted by atomic mass is 10.0. The Morgan fingerprint density at radius 1 is 1.26 bits per heavy atom. The molecule has 2 atom stereocenters. The molecule has 0 radical (unpaired) electrons. The van der Waals surface area contributed by atoms with E-state index in [0.717, 1.165) is 21.9 Å². The van der Waals surface area contributed by atoms with Crippen LogP contribution in [0.4, 0.5) is 24.5 Å². The van der Waals surface area contributed by atoms with E-state index in [4.69, 9.17) is 22.2 Å². The zero-order valence-corrected chi connectivity index (χ0v) is 20.0. The van der Waals surface area contributed by atoms with Gasteiger partial charge in [-0.05, 0) is 69.4 Å². The summed E-state index contributed by atoms with van der Waals surface area (Å²) in [4.78, 5) is 16.8. The van der Waals surface area contributed by atoms with Crippen LogP contribution in [0.2, 0.25) is 0 Å². The van der Waals surface area contributed by atoms with Gasteiger partial charge in [-0.2, -0.15) is 18.4 Å². The number of halogens is 3. The van der Waals surface area contributed by atoms with Gasteiger partial charge >= 0.3 is 6.18 Å². The fourth-order valence-electron chi connectivity index (χ4n) is 3.91. The number of nitriles is 1. The minimum absolute atomic E-state index is 0.0244. The molecule has 4 rings (SSSR count). The van der Waals surface area contributed by atoms with Crippen molar-refractivity contribution in [1.82, 2.24) is 0 Å². The number of amides is 1. The van der Waals surface area contributed by atoms with Crippen LogP contribution in [-0.4, -0.2) is 39.6 Å². The first-order valence-corrected chi connectivity index (χ1v) is 11.7. The summed E-state index contributed by atoms with van der Waals surface area (Å²) < 4.78 is 46.3. The van der Waals surface area contributed by atoms with Gasteiger partial charge in [-0.1, -0.05) is 0 Å². The van der Waals surface area contributed by atoms with Gasteiger partial charge in [-0.15, -0.1) is 11.8 Å². The number of nitrogens with zero attached hydrogens (tertiary/aromatic N) is 3. The van der Waals surface area contributed by atoms with E-state index in [0.29, 0.717) is 17.2 Å². The van der Waals surface area contributed by atoms with Crippen molar-refractivity contribution in [2.45, 2.75) is 49.6 Å². The molecule has 0 aliphatic carbocycles. The quantitative estimate of drug-likeness (QED) is 0.602. The predicted molar refractivity (Wildman–Crippen MR) is 126 cm³/mol. The number of aliphatic hydroxyl groups excluding tert-OH is 1. The van der Waals surface area contributed by atoms with E-state index in [-0.39, 0.29) is 16.9 Å². The number of benzene rings is 2. The maximum absolute atomic E-state index is 13.5. The first kappa shape index (κ1) is 24.3. The van der Waals surface area contributed by atoms with E-state index in [1.54, 1.807) is 37.8 Å². The highest BCUT2D eigenvalue weighted by Crippen LogP contribution is 2.43. The molecule has 0 bridgehead atoms. The molecule has 2 aromatic carbocycles. The Morgan fingerprint density at radius 2 is 1.94 bits per heavy atom. The van der Waals surface area contributed by atoms with E-state index >= 15 is 0 Å². The zero-order chi connectivity index (χ0) is 25.0. The number of ether oxygens (including phenoxy) is 1. The molecule has 0 unspecified atom stereocenters. The van der Waals surface area contributed by atoms with Crippen molar-refractivity contribution in [3.63, 3.8) is 0 Å². The first-order chi connectivity index (χ1) is 15.9. The van der Waals surface area contributed by atoms with Crippen LogP contribution in [0.5, 0.6) is 5.75 Å². The van der Waals surface area contributed by atoms with Gasteiger partial charge in [-0.25, -0.2) is 0 Å². The minimum Gasteiger partial charge on any atom is -0.486 e. The van der Waals surface area contributed by atoms with Crippen molar-refractivity contribution >= 4 is 46.4 Å². The molecule has 2 heterocycles. The van der Waals surface area contributed by atoms with Crippen molar-refractivity contribution in [2.24, 2.45) is 0 Å². The second-order valence-electron chi connectivity index (χ2n) is 8.50. The molecule has 2 aliphatic rings. The molecule has 1 amide bonds. The zero-order valence-electron chi connectivity index (χ0n) is 18.4. The molecule has 0 saturated carbocycles. The van der Waals surface area contributed by atoms with Crippen molar-refractivity contribution in [2.75, 3.05) is 15.6 Å². The van der Waals surface area contributed by atoms with Crippen LogP contribution in [0, 0.1) is 11.3 Å². The number of carbonyl (C=O) groups excluding carboxylic acids is 1. The van der Waals surface area contributed by atoms with Crippen LogP contribution < -0.4 is 14.5 Å². The summed E-state index contributed by atoms with van der Waals surface area (Å²) in [6, 6.07) is 9.88. The number of fused-ring (bicyclic) bond motifs is 1. The van der Waals surface area contributed by atoms with Crippen LogP contribution in [0.3, 0.4) is 0 Å². The SMILES string of the molecule is C[C@@H](O)[C@H]1CSc2cc(N3C(=S)N(c4ccc(C#N)c(C(F)(F)F)c4)C(=O)C3(C)C)ccc2O1. The summed E-state index contributed by atoms with van der Waals surface area (Å²) in [7, 11) is 0. The van der Waals surface area contributed by atoms with Gasteiger partial charge in [0.1, 0.15) is 17.4 Å². The highest BCUT2D eigenvalue weighted by atomic mass is 32.2. The predicted octanol–water partition coefficient (Wildman–Crippen LogP) is 4.73. The fraction of sp³-hybridized carbons (Fsp3) is 0.348. The van der Waals surface area contributed by atoms with E-state index < -0.39 is 34.9 Å². The third-order valence-electron chi connectivity index (χ3n) is 5.76. The van der Waals surface area contributed by atoms with Crippen LogP contribution in [0.25, 0.3) is 0 Å². The number of anilines is 2. The van der Waals surface area contributed by atoms with Gasteiger partial charge in [0, 0.05) is 11.4 Å². The smallest absolute Gasteiger partial charge is 0.417 e. The molecular weight excluding hydrogens is 487 g/mol. The Labute approximate surface area is 203 Å². The lowest BCUT2D eigenvalue weighted by molar-refractivity contribution is -0.137. The van der Waals surface area contributed by atoms with E-state index in [1.807, 2.05) is 6.07 Å². The Morgan fingerprint density at radius 3 is 2.56 bits per heavy atom. The minimum atomic E-state index is -4.76. The van der Waals surface area contributed by atoms with Gasteiger partial charge in [0.2, 0.25) is 0 Å². The number of rotatable bonds is 3. The Bertz CT molecular complexity index is 1220. The lowest BCUT2D eigenvalue weighted by Crippen LogP contribution is -2.44. The number of alkyl halides is 3. The highest BCUT2D eigenvalue weighted by Gasteiger charge is 2.51. The van der Waals surface area contributed by atoms with Crippen molar-refractivity contribution in [3.05, 3.63) is 47.5 Å². The van der Waals surface area contributed by atoms with Crippen LogP contribution in [-0.2, 0) is 11.0 Å². The maximum atomic E-state index is 13.5. The van der Waals surface area contributed by atoms with Crippen LogP contribution in [0.1, 0.15) is 31.9 Å². The van der Waals surface area contributed by atoms with Crippen LogP contribution in [0.15, 0.2) is 41.3 Å². The number of hydrogen-bond donors (Lipinski definition) is 1. The topological polar surface area (TPSA) is 76.8 Å². The fourth-order valence-corrected chi connectivity index (χ4v) is 5.59. The standard InChI is InChI=1S/C23H20F3N3O3S2/c1-12(30)18-11-34-19-9-15(6-7-17(19)32-18)29-21(33)28(20(31)22(29,2)3)14-5-4-13(10-27)16(8-14)23(24,25)26/h4-9,12,18,30H,11H2,1-3H3/t12-,18-/m1/s1. The number of hydrogen-bond acceptors (Lipinski definition) is 6. The molecule has 6 nitrogen and oxygen atoms in total. The number of thioether (sulfide) groups is 1. The Balaban J connectivity index is 1.73. The van der Waals surface area contributed by atoms with Crippen molar-refractivity contribution in [1.29, 1.82) is 5.26 Å². The number of aliphatic hydroxyl groups is 1. The van der Waals surface area contributed by atoms with E-state index in [1.165, 1.54) is 23.9 Å². The summed E-state index contributed by atoms with van der Waals surface area (Å²) in [5.74, 6) is 0.642. The normalized spacial score (nSPS) is 20.6. The summed E-state index contributed by atoms with van der Waals surface area (Å²) in [6.07, 6.45) is -5.74. The molecular formula is C23H20F3N3O3S2. The van der Waals surface area contributed by atoms with Gasteiger partial charge in [-0.3, -0.25) is 9.69 Å². The van der Waals surface area contributed by atoms with Gasteiger partial charge in [0.05, 0.1) is 33.9 Å². The van der Waals surface area contributed by atoms with Gasteiger partial charge in [0.25, 0.3) is 5.91 Å². The van der Waals surface area contributed by atoms with E-state index in [9.17, 15) is 23.1 Å². The average molecular weight is 508 g/mol. The molecule has 1 fully saturated rings. The molecule has 178 valence electrons. The van der Waals surface area contributed by atoms with Crippen molar-refractivity contribution < 1.29 is 27.8 Å². The Hall–Kier alpha value is -2.81. The van der Waals surface area contributed by atoms with Crippen LogP contribution >= 0.6 is 24.0 Å². The first-order valence-electron chi connectivity index (χ1n) is 10.3. The molecule has 1 saturated heterocycles. The third-order valence-corrected chi connectivity index (χ3v) is 7.25. The second kappa shape index (κ2) is 8.45. The second-order valence-corrected chi connectivity index (χ2v) is 9.92. The molecule has 11 heteroatoms. The maximum Gasteiger partial charge on any atom is 0.417 e. The van der Waals surface area contributed by atoms with E-state index in [2.05, 4.69) is 0 Å². The monoisotopic (exact) mass is 507 g/mol. The summed E-state index contributed by atoms with van der Waals surface area (Å²) in [5.41, 5.74) is -2.32. The summed E-state index contributed by atoms with van der Waals surface area (Å²) >= 11 is 7.07. The molecule has 0 spiro atoms. The Kier molecular flexibility index (Phi) is 6.04. The average Bonchev–Trinajstić information content (AvgIpc) is 2.95. The lowest BCUT2D eigenvalue weighted by Gasteiger charge is -2.32. The number of carbonyl (C=O) groups is 1. The summed E-state index contributed by atoms with van der Waals surface area (Å²) in [5, 5.41) is 18.9. The third kappa shape index (κ3) is 4.00. The largest absolute Gasteiger partial charge is 0.486 e. The molecule has 2 aliphatic heterocycles. The molecule has 2 aromatic rings. The summed E-state index contributed by atoms with van der Waals surface area (Å²) in [6.45, 7) is 4.94. The molecule has 34 heavy (non-hydrogen) atoms. The molecule has 0 aromatic heterocycles. The van der Waals surface area contributed by atoms with Gasteiger partial charge in [0.15, 0.2) is 5.11 Å².